The maximum Gasteiger partial charge on any atom is 0.129 e. The van der Waals surface area contributed by atoms with Crippen LogP contribution in [0.25, 0.3) is 0 Å². The minimum atomic E-state index is 0.297. The van der Waals surface area contributed by atoms with Gasteiger partial charge in [-0.2, -0.15) is 0 Å². The predicted octanol–water partition coefficient (Wildman–Crippen LogP) is 5.75. The summed E-state index contributed by atoms with van der Waals surface area (Å²) in [5, 5.41) is 0. The summed E-state index contributed by atoms with van der Waals surface area (Å²) in [5.74, 6) is 1.04. The van der Waals surface area contributed by atoms with Crippen molar-refractivity contribution in [2.75, 3.05) is 0 Å². The summed E-state index contributed by atoms with van der Waals surface area (Å²) in [5.41, 5.74) is 0. The number of hydrogen-bond acceptors (Lipinski definition) is 1. The van der Waals surface area contributed by atoms with Crippen LogP contribution in [0.2, 0.25) is 5.82 Å². The highest BCUT2D eigenvalue weighted by Crippen LogP contribution is 2.15. The molecule has 2 heteroatoms. The highest BCUT2D eigenvalue weighted by atomic mass is 16.1. The van der Waals surface area contributed by atoms with E-state index in [1.165, 1.54) is 12.8 Å². The quantitative estimate of drug-likeness (QED) is 0.226. The van der Waals surface area contributed by atoms with E-state index in [4.69, 9.17) is 0 Å². The lowest BCUT2D eigenvalue weighted by atomic mass is 9.80. The molecule has 0 radical (unpaired) electrons. The van der Waals surface area contributed by atoms with Crippen LogP contribution in [0, 0.1) is 0 Å². The number of carbonyl (C=O) groups is 1. The van der Waals surface area contributed by atoms with Crippen molar-refractivity contribution in [2.45, 2.75) is 77.5 Å². The van der Waals surface area contributed by atoms with Crippen LogP contribution in [-0.4, -0.2) is 13.6 Å². The minimum absolute atomic E-state index is 0.297. The first-order valence-electron chi connectivity index (χ1n) is 9.26. The Morgan fingerprint density at radius 3 is 2.17 bits per heavy atom. The number of carbonyl (C=O) groups excluding carboxylic acids is 1. The molecule has 0 aromatic carbocycles. The van der Waals surface area contributed by atoms with E-state index in [1.807, 2.05) is 0 Å². The van der Waals surface area contributed by atoms with E-state index in [2.05, 4.69) is 63.4 Å². The molecule has 0 spiro atoms. The zero-order valence-electron chi connectivity index (χ0n) is 15.5. The highest BCUT2D eigenvalue weighted by Gasteiger charge is 1.97. The van der Waals surface area contributed by atoms with Crippen LogP contribution in [0.4, 0.5) is 0 Å². The van der Waals surface area contributed by atoms with E-state index in [1.54, 1.807) is 6.92 Å². The summed E-state index contributed by atoms with van der Waals surface area (Å²) in [4.78, 5) is 10.8. The predicted molar refractivity (Wildman–Crippen MR) is 107 cm³/mol. The molecule has 0 aromatic rings. The first kappa shape index (κ1) is 21.7. The van der Waals surface area contributed by atoms with Gasteiger partial charge in [0.1, 0.15) is 13.6 Å². The Kier molecular flexibility index (Phi) is 16.1. The van der Waals surface area contributed by atoms with Gasteiger partial charge < -0.3 is 4.79 Å². The molecule has 0 bridgehead atoms. The average molecular weight is 314 g/mol. The molecule has 0 amide bonds. The second-order valence-electron chi connectivity index (χ2n) is 6.28. The Labute approximate surface area is 145 Å². The van der Waals surface area contributed by atoms with Crippen LogP contribution >= 0.6 is 0 Å². The molecule has 23 heavy (non-hydrogen) atoms. The minimum Gasteiger partial charge on any atom is -0.300 e. The van der Waals surface area contributed by atoms with Crippen LogP contribution in [0.15, 0.2) is 48.6 Å². The molecule has 0 fully saturated rings. The lowest BCUT2D eigenvalue weighted by Crippen LogP contribution is -1.90. The van der Waals surface area contributed by atoms with Crippen molar-refractivity contribution in [2.24, 2.45) is 0 Å². The van der Waals surface area contributed by atoms with Gasteiger partial charge in [-0.15, -0.1) is 0 Å². The second-order valence-corrected chi connectivity index (χ2v) is 6.28. The van der Waals surface area contributed by atoms with E-state index in [0.29, 0.717) is 5.78 Å². The average Bonchev–Trinajstić information content (AvgIpc) is 2.52. The number of rotatable bonds is 14. The molecule has 0 heterocycles. The van der Waals surface area contributed by atoms with E-state index < -0.39 is 0 Å². The van der Waals surface area contributed by atoms with Crippen LogP contribution in [-0.2, 0) is 4.79 Å². The van der Waals surface area contributed by atoms with Crippen LogP contribution in [0.5, 0.6) is 0 Å². The van der Waals surface area contributed by atoms with Crippen molar-refractivity contribution in [3.05, 3.63) is 48.6 Å². The number of hydrogen-bond donors (Lipinski definition) is 0. The first-order valence-corrected chi connectivity index (χ1v) is 9.26. The van der Waals surface area contributed by atoms with Gasteiger partial charge in [0.25, 0.3) is 0 Å². The molecule has 1 unspecified atom stereocenters. The molecule has 0 aromatic heterocycles. The monoisotopic (exact) mass is 314 g/mol. The largest absolute Gasteiger partial charge is 0.300 e. The summed E-state index contributed by atoms with van der Waals surface area (Å²) in [6.45, 7) is 3.83. The number of ketones is 1. The molecule has 0 rings (SSSR count). The highest BCUT2D eigenvalue weighted by molar-refractivity contribution is 6.11. The fourth-order valence-corrected chi connectivity index (χ4v) is 2.24. The third-order valence-electron chi connectivity index (χ3n) is 3.71. The zero-order chi connectivity index (χ0) is 17.2. The van der Waals surface area contributed by atoms with Crippen LogP contribution < -0.4 is 0 Å². The molecular formula is C21H35BO. The molecule has 0 aliphatic heterocycles. The third kappa shape index (κ3) is 18.6. The van der Waals surface area contributed by atoms with Crippen LogP contribution in [0.3, 0.4) is 0 Å². The van der Waals surface area contributed by atoms with E-state index in [-0.39, 0.29) is 0 Å². The Balaban J connectivity index is 3.53. The van der Waals surface area contributed by atoms with Gasteiger partial charge in [-0.1, -0.05) is 67.8 Å². The van der Waals surface area contributed by atoms with Crippen molar-refractivity contribution >= 4 is 13.6 Å². The first-order chi connectivity index (χ1) is 11.2. The summed E-state index contributed by atoms with van der Waals surface area (Å²) < 4.78 is 0. The molecule has 1 atom stereocenters. The Bertz CT molecular complexity index is 391. The van der Waals surface area contributed by atoms with Gasteiger partial charge in [-0.3, -0.25) is 0 Å². The summed E-state index contributed by atoms with van der Waals surface area (Å²) in [7, 11) is 2.32. The molecule has 1 nitrogen and oxygen atoms in total. The lowest BCUT2D eigenvalue weighted by Gasteiger charge is -2.05. The van der Waals surface area contributed by atoms with Crippen molar-refractivity contribution in [3.63, 3.8) is 0 Å². The smallest absolute Gasteiger partial charge is 0.129 e. The van der Waals surface area contributed by atoms with Gasteiger partial charge in [0, 0.05) is 6.42 Å². The SMILES string of the molecule is BC(C/C=C\C/C=C\C/C=C\CC)CC/C=C\CCCC(C)=O. The summed E-state index contributed by atoms with van der Waals surface area (Å²) in [6, 6.07) is 0. The van der Waals surface area contributed by atoms with Gasteiger partial charge in [-0.05, 0) is 51.9 Å². The molecular weight excluding hydrogens is 279 g/mol. The fourth-order valence-electron chi connectivity index (χ4n) is 2.24. The summed E-state index contributed by atoms with van der Waals surface area (Å²) in [6.07, 6.45) is 27.5. The number of allylic oxidation sites excluding steroid dienone is 8. The molecule has 0 N–H and O–H groups in total. The molecule has 0 saturated carbocycles. The Morgan fingerprint density at radius 1 is 0.913 bits per heavy atom. The van der Waals surface area contributed by atoms with E-state index in [9.17, 15) is 4.79 Å². The zero-order valence-corrected chi connectivity index (χ0v) is 15.5. The number of Topliss-reactive ketones (excluding diaryl/α,β-unsaturated/α-hetero) is 1. The van der Waals surface area contributed by atoms with E-state index >= 15 is 0 Å². The standard InChI is InChI=1S/C21H35BO/c1-3-4-5-6-7-8-9-12-15-18-21(22)19-16-13-10-11-14-17-20(2)23/h4-5,7-8,10,12-13,15,21H,3,6,9,11,14,16-19,22H2,1-2H3/b5-4-,8-7-,13-10-,15-12-. The maximum absolute atomic E-state index is 10.8. The van der Waals surface area contributed by atoms with Gasteiger partial charge in [0.2, 0.25) is 0 Å². The third-order valence-corrected chi connectivity index (χ3v) is 3.71. The maximum atomic E-state index is 10.8. The van der Waals surface area contributed by atoms with Crippen molar-refractivity contribution < 1.29 is 4.79 Å². The van der Waals surface area contributed by atoms with Crippen molar-refractivity contribution in [1.29, 1.82) is 0 Å². The van der Waals surface area contributed by atoms with Crippen molar-refractivity contribution in [1.82, 2.24) is 0 Å². The molecule has 128 valence electrons. The molecule has 0 aliphatic rings. The summed E-state index contributed by atoms with van der Waals surface area (Å²) >= 11 is 0. The van der Waals surface area contributed by atoms with E-state index in [0.717, 1.165) is 50.8 Å². The van der Waals surface area contributed by atoms with Gasteiger partial charge in [0.15, 0.2) is 0 Å². The lowest BCUT2D eigenvalue weighted by molar-refractivity contribution is -0.117. The number of unbranched alkanes of at least 4 members (excludes halogenated alkanes) is 1. The Hall–Kier alpha value is -1.31. The van der Waals surface area contributed by atoms with Crippen LogP contribution in [0.1, 0.15) is 71.6 Å². The Morgan fingerprint density at radius 2 is 1.52 bits per heavy atom. The van der Waals surface area contributed by atoms with Crippen molar-refractivity contribution in [3.8, 4) is 0 Å². The normalized spacial score (nSPS) is 13.8. The topological polar surface area (TPSA) is 17.1 Å². The van der Waals surface area contributed by atoms with Gasteiger partial charge >= 0.3 is 0 Å². The second kappa shape index (κ2) is 17.1. The van der Waals surface area contributed by atoms with Gasteiger partial charge in [-0.25, -0.2) is 0 Å². The molecule has 0 saturated heterocycles. The molecule has 0 aliphatic carbocycles. The van der Waals surface area contributed by atoms with Gasteiger partial charge in [0.05, 0.1) is 0 Å². The fraction of sp³-hybridized carbons (Fsp3) is 0.571.